The molecule has 0 radical (unpaired) electrons. The average Bonchev–Trinajstić information content (AvgIpc) is 3.09. The van der Waals surface area contributed by atoms with Crippen molar-refractivity contribution in [1.29, 1.82) is 0 Å². The van der Waals surface area contributed by atoms with E-state index in [1.54, 1.807) is 0 Å². The predicted octanol–water partition coefficient (Wildman–Crippen LogP) is 7.19. The third-order valence-electron chi connectivity index (χ3n) is 6.26. The van der Waals surface area contributed by atoms with Crippen LogP contribution < -0.4 is 9.47 Å². The van der Waals surface area contributed by atoms with Crippen LogP contribution in [-0.2, 0) is 16.8 Å². The fourth-order valence-corrected chi connectivity index (χ4v) is 4.92. The molecule has 0 saturated carbocycles. The molecule has 3 rings (SSSR count). The molecule has 31 heavy (non-hydrogen) atoms. The molecule has 1 aliphatic rings. The molecule has 0 spiro atoms. The Balaban J connectivity index is 1.62. The highest BCUT2D eigenvalue weighted by Gasteiger charge is 2.39. The van der Waals surface area contributed by atoms with Gasteiger partial charge in [-0.25, -0.2) is 0 Å². The monoisotopic (exact) mass is 488 g/mol. The minimum Gasteiger partial charge on any atom is -0.492 e. The van der Waals surface area contributed by atoms with Crippen LogP contribution in [0, 0.1) is 6.92 Å². The molecule has 5 heteroatoms. The number of benzene rings is 2. The van der Waals surface area contributed by atoms with Crippen molar-refractivity contribution in [3.05, 3.63) is 57.6 Å². The first kappa shape index (κ1) is 23.6. The molecule has 1 atom stereocenters. The summed E-state index contributed by atoms with van der Waals surface area (Å²) in [5, 5.41) is 8.78. The van der Waals surface area contributed by atoms with Crippen LogP contribution >= 0.6 is 15.9 Å². The van der Waals surface area contributed by atoms with Crippen molar-refractivity contribution < 1.29 is 19.4 Å². The standard InChI is InChI=1S/C26H33BrO4/c1-3-13-26(14-7-5-4-6-8-25(28)29)18-31-24-16-22(11-12-23(24)26)30-17-20-15-21(27)10-9-19(20)2/h9-12,15-16H,3-8,13-14,17-18H2,1-2H3,(H,28,29). The van der Waals surface area contributed by atoms with Crippen molar-refractivity contribution >= 4 is 21.9 Å². The number of hydrogen-bond acceptors (Lipinski definition) is 3. The number of ether oxygens (including phenoxy) is 2. The van der Waals surface area contributed by atoms with Crippen LogP contribution in [0.15, 0.2) is 40.9 Å². The zero-order valence-electron chi connectivity index (χ0n) is 18.6. The summed E-state index contributed by atoms with van der Waals surface area (Å²) in [4.78, 5) is 10.7. The summed E-state index contributed by atoms with van der Waals surface area (Å²) in [6.45, 7) is 5.57. The Morgan fingerprint density at radius 3 is 2.71 bits per heavy atom. The molecule has 0 amide bonds. The fraction of sp³-hybridized carbons (Fsp3) is 0.500. The lowest BCUT2D eigenvalue weighted by atomic mass is 9.74. The van der Waals surface area contributed by atoms with E-state index in [1.165, 1.54) is 16.7 Å². The van der Waals surface area contributed by atoms with Gasteiger partial charge in [0.2, 0.25) is 0 Å². The minimum atomic E-state index is -0.700. The molecule has 0 fully saturated rings. The van der Waals surface area contributed by atoms with Crippen molar-refractivity contribution in [1.82, 2.24) is 0 Å². The van der Waals surface area contributed by atoms with Crippen LogP contribution in [0.2, 0.25) is 0 Å². The van der Waals surface area contributed by atoms with Gasteiger partial charge in [-0.15, -0.1) is 0 Å². The van der Waals surface area contributed by atoms with Crippen molar-refractivity contribution in [2.24, 2.45) is 0 Å². The number of fused-ring (bicyclic) bond motifs is 1. The molecule has 0 aliphatic carbocycles. The number of rotatable bonds is 12. The maximum Gasteiger partial charge on any atom is 0.303 e. The van der Waals surface area contributed by atoms with Crippen molar-refractivity contribution in [3.8, 4) is 11.5 Å². The summed E-state index contributed by atoms with van der Waals surface area (Å²) in [6, 6.07) is 12.5. The van der Waals surface area contributed by atoms with E-state index >= 15 is 0 Å². The molecular formula is C26H33BrO4. The molecule has 2 aromatic rings. The molecule has 0 aromatic heterocycles. The van der Waals surface area contributed by atoms with Gasteiger partial charge in [0.25, 0.3) is 0 Å². The number of hydrogen-bond donors (Lipinski definition) is 1. The Bertz CT molecular complexity index is 895. The molecule has 4 nitrogen and oxygen atoms in total. The molecule has 168 valence electrons. The van der Waals surface area contributed by atoms with E-state index in [9.17, 15) is 4.79 Å². The molecule has 0 bridgehead atoms. The van der Waals surface area contributed by atoms with E-state index in [4.69, 9.17) is 14.6 Å². The van der Waals surface area contributed by atoms with E-state index in [0.29, 0.717) is 6.61 Å². The molecule has 2 aromatic carbocycles. The largest absolute Gasteiger partial charge is 0.492 e. The maximum atomic E-state index is 10.7. The van der Waals surface area contributed by atoms with Gasteiger partial charge in [0, 0.05) is 27.9 Å². The van der Waals surface area contributed by atoms with Gasteiger partial charge in [0.1, 0.15) is 18.1 Å². The normalized spacial score (nSPS) is 17.3. The van der Waals surface area contributed by atoms with Crippen molar-refractivity contribution in [2.75, 3.05) is 6.61 Å². The number of carboxylic acids is 1. The van der Waals surface area contributed by atoms with Crippen molar-refractivity contribution in [2.45, 2.75) is 77.2 Å². The summed E-state index contributed by atoms with van der Waals surface area (Å²) in [5.74, 6) is 1.08. The van der Waals surface area contributed by atoms with E-state index in [1.807, 2.05) is 12.1 Å². The smallest absolute Gasteiger partial charge is 0.303 e. The second-order valence-corrected chi connectivity index (χ2v) is 9.56. The van der Waals surface area contributed by atoms with Gasteiger partial charge in [-0.05, 0) is 55.5 Å². The first-order valence-electron chi connectivity index (χ1n) is 11.3. The number of aliphatic carboxylic acids is 1. The topological polar surface area (TPSA) is 55.8 Å². The van der Waals surface area contributed by atoms with Gasteiger partial charge < -0.3 is 14.6 Å². The molecule has 0 saturated heterocycles. The second-order valence-electron chi connectivity index (χ2n) is 8.64. The van der Waals surface area contributed by atoms with Gasteiger partial charge in [-0.2, -0.15) is 0 Å². The summed E-state index contributed by atoms with van der Waals surface area (Å²) in [7, 11) is 0. The molecule has 1 aliphatic heterocycles. The third-order valence-corrected chi connectivity index (χ3v) is 6.75. The maximum absolute atomic E-state index is 10.7. The fourth-order valence-electron chi connectivity index (χ4n) is 4.51. The lowest BCUT2D eigenvalue weighted by molar-refractivity contribution is -0.137. The van der Waals surface area contributed by atoms with Gasteiger partial charge in [-0.1, -0.05) is 60.7 Å². The first-order chi connectivity index (χ1) is 14.9. The van der Waals surface area contributed by atoms with E-state index in [2.05, 4.69) is 54.0 Å². The minimum absolute atomic E-state index is 0.0658. The summed E-state index contributed by atoms with van der Waals surface area (Å²) >= 11 is 3.53. The first-order valence-corrected chi connectivity index (χ1v) is 12.1. The average molecular weight is 489 g/mol. The lowest BCUT2D eigenvalue weighted by Crippen LogP contribution is -2.27. The van der Waals surface area contributed by atoms with Crippen LogP contribution in [0.1, 0.15) is 75.0 Å². The Morgan fingerprint density at radius 2 is 1.94 bits per heavy atom. The van der Waals surface area contributed by atoms with Crippen molar-refractivity contribution in [3.63, 3.8) is 0 Å². The number of aryl methyl sites for hydroxylation is 1. The highest BCUT2D eigenvalue weighted by molar-refractivity contribution is 9.10. The third kappa shape index (κ3) is 6.25. The summed E-state index contributed by atoms with van der Waals surface area (Å²) in [6.07, 6.45) is 7.48. The second kappa shape index (κ2) is 11.0. The van der Waals surface area contributed by atoms with E-state index in [-0.39, 0.29) is 11.8 Å². The molecule has 1 unspecified atom stereocenters. The van der Waals surface area contributed by atoms with Gasteiger partial charge >= 0.3 is 5.97 Å². The zero-order valence-corrected chi connectivity index (χ0v) is 20.2. The van der Waals surface area contributed by atoms with Crippen LogP contribution in [0.4, 0.5) is 0 Å². The predicted molar refractivity (Wildman–Crippen MR) is 127 cm³/mol. The molecule has 1 N–H and O–H groups in total. The Hall–Kier alpha value is -2.01. The van der Waals surface area contributed by atoms with E-state index < -0.39 is 5.97 Å². The Kier molecular flexibility index (Phi) is 8.42. The number of carbonyl (C=O) groups is 1. The lowest BCUT2D eigenvalue weighted by Gasteiger charge is -2.28. The highest BCUT2D eigenvalue weighted by atomic mass is 79.9. The van der Waals surface area contributed by atoms with Gasteiger partial charge in [0.05, 0.1) is 6.61 Å². The van der Waals surface area contributed by atoms with Crippen LogP contribution in [0.25, 0.3) is 0 Å². The SMILES string of the molecule is CCCC1(CCCCCCC(=O)O)COc2cc(OCc3cc(Br)ccc3C)ccc21. The van der Waals surface area contributed by atoms with Crippen LogP contribution in [0.3, 0.4) is 0 Å². The van der Waals surface area contributed by atoms with Gasteiger partial charge in [0.15, 0.2) is 0 Å². The van der Waals surface area contributed by atoms with Gasteiger partial charge in [-0.3, -0.25) is 4.79 Å². The number of carboxylic acid groups (broad SMARTS) is 1. The molecular weight excluding hydrogens is 456 g/mol. The van der Waals surface area contributed by atoms with Crippen LogP contribution in [0.5, 0.6) is 11.5 Å². The Labute approximate surface area is 194 Å². The Morgan fingerprint density at radius 1 is 1.13 bits per heavy atom. The number of unbranched alkanes of at least 4 members (excludes halogenated alkanes) is 3. The zero-order chi connectivity index (χ0) is 22.3. The van der Waals surface area contributed by atoms with E-state index in [0.717, 1.165) is 67.5 Å². The van der Waals surface area contributed by atoms with Crippen LogP contribution in [-0.4, -0.2) is 17.7 Å². The summed E-state index contributed by atoms with van der Waals surface area (Å²) in [5.41, 5.74) is 3.74. The highest BCUT2D eigenvalue weighted by Crippen LogP contribution is 2.46. The quantitative estimate of drug-likeness (QED) is 0.321. The molecule has 1 heterocycles. The summed E-state index contributed by atoms with van der Waals surface area (Å²) < 4.78 is 13.3. The number of halogens is 1.